The van der Waals surface area contributed by atoms with Gasteiger partial charge in [-0.3, -0.25) is 4.79 Å². The molecule has 7 heteroatoms. The second kappa shape index (κ2) is 8.23. The summed E-state index contributed by atoms with van der Waals surface area (Å²) in [6, 6.07) is 17.2. The molecule has 0 unspecified atom stereocenters. The number of benzene rings is 2. The van der Waals surface area contributed by atoms with Crippen molar-refractivity contribution in [3.63, 3.8) is 0 Å². The third kappa shape index (κ3) is 3.93. The molecule has 0 radical (unpaired) electrons. The number of carbonyl (C=O) groups is 1. The van der Waals surface area contributed by atoms with Crippen LogP contribution in [0.15, 0.2) is 67.0 Å². The van der Waals surface area contributed by atoms with Crippen LogP contribution < -0.4 is 11.1 Å². The maximum absolute atomic E-state index is 11.8. The van der Waals surface area contributed by atoms with Gasteiger partial charge in [0.25, 0.3) is 0 Å². The van der Waals surface area contributed by atoms with E-state index in [2.05, 4.69) is 15.3 Å². The minimum Gasteiger partial charge on any atom is -0.404 e. The molecule has 0 spiro atoms. The van der Waals surface area contributed by atoms with Crippen molar-refractivity contribution in [3.05, 3.63) is 78.3 Å². The molecule has 0 amide bonds. The zero-order valence-electron chi connectivity index (χ0n) is 17.3. The fourth-order valence-corrected chi connectivity index (χ4v) is 3.50. The number of nitrogens with two attached hydrogens (primary N) is 1. The van der Waals surface area contributed by atoms with E-state index in [0.717, 1.165) is 27.7 Å². The van der Waals surface area contributed by atoms with Crippen molar-refractivity contribution < 1.29 is 4.79 Å². The summed E-state index contributed by atoms with van der Waals surface area (Å²) < 4.78 is 1.89. The lowest BCUT2D eigenvalue weighted by molar-refractivity contribution is 0.101. The summed E-state index contributed by atoms with van der Waals surface area (Å²) in [5.41, 5.74) is 10.4. The maximum atomic E-state index is 11.8. The highest BCUT2D eigenvalue weighted by molar-refractivity contribution is 6.08. The molecular weight excluding hydrogens is 388 g/mol. The van der Waals surface area contributed by atoms with Crippen LogP contribution in [0.3, 0.4) is 0 Å². The van der Waals surface area contributed by atoms with E-state index in [9.17, 15) is 4.79 Å². The number of aromatic nitrogens is 3. The van der Waals surface area contributed by atoms with Gasteiger partial charge in [-0.05, 0) is 35.9 Å². The number of hydrogen-bond acceptors (Lipinski definition) is 6. The largest absolute Gasteiger partial charge is 0.404 e. The van der Waals surface area contributed by atoms with E-state index in [0.29, 0.717) is 22.9 Å². The van der Waals surface area contributed by atoms with Crippen molar-refractivity contribution in [2.45, 2.75) is 6.92 Å². The highest BCUT2D eigenvalue weighted by Gasteiger charge is 2.12. The van der Waals surface area contributed by atoms with Crippen molar-refractivity contribution in [2.24, 2.45) is 12.8 Å². The minimum absolute atomic E-state index is 0.0309. The van der Waals surface area contributed by atoms with Gasteiger partial charge >= 0.3 is 0 Å². The molecule has 7 nitrogen and oxygen atoms in total. The van der Waals surface area contributed by atoms with Crippen molar-refractivity contribution in [2.75, 3.05) is 5.32 Å². The predicted octanol–water partition coefficient (Wildman–Crippen LogP) is 4.53. The molecular formula is C24H22N6O. The molecule has 0 saturated carbocycles. The van der Waals surface area contributed by atoms with E-state index in [4.69, 9.17) is 11.1 Å². The van der Waals surface area contributed by atoms with Crippen LogP contribution in [0.5, 0.6) is 0 Å². The Morgan fingerprint density at radius 1 is 1.13 bits per heavy atom. The quantitative estimate of drug-likeness (QED) is 0.319. The number of anilines is 2. The van der Waals surface area contributed by atoms with Crippen molar-refractivity contribution in [3.8, 4) is 11.4 Å². The summed E-state index contributed by atoms with van der Waals surface area (Å²) >= 11 is 0. The second-order valence-electron chi connectivity index (χ2n) is 7.15. The molecule has 4 rings (SSSR count). The summed E-state index contributed by atoms with van der Waals surface area (Å²) in [7, 11) is 1.88. The van der Waals surface area contributed by atoms with Crippen molar-refractivity contribution in [1.82, 2.24) is 14.5 Å². The first-order chi connectivity index (χ1) is 15.0. The Hall–Kier alpha value is -4.26. The van der Waals surface area contributed by atoms with E-state index in [-0.39, 0.29) is 5.78 Å². The van der Waals surface area contributed by atoms with Gasteiger partial charge in [0.15, 0.2) is 11.6 Å². The molecule has 0 aliphatic heterocycles. The van der Waals surface area contributed by atoms with Crippen LogP contribution in [0.2, 0.25) is 0 Å². The lowest BCUT2D eigenvalue weighted by Gasteiger charge is -2.09. The number of ketones is 1. The average Bonchev–Trinajstić information content (AvgIpc) is 3.12. The van der Waals surface area contributed by atoms with Crippen LogP contribution in [0.4, 0.5) is 11.5 Å². The van der Waals surface area contributed by atoms with E-state index < -0.39 is 0 Å². The Bertz CT molecular complexity index is 1320. The maximum Gasteiger partial charge on any atom is 0.176 e. The first kappa shape index (κ1) is 20.0. The summed E-state index contributed by atoms with van der Waals surface area (Å²) in [6.07, 6.45) is 4.34. The standard InChI is InChI=1S/C24H22N6O/c1-15(31)21-11-17-3-4-18(12-22(17)30(21)2)24-27-10-9-23(29-24)28-20-7-5-16(6-8-20)19(13-25)14-26/h3-14,25H,26H2,1-2H3,(H,27,28,29). The van der Waals surface area contributed by atoms with Crippen LogP contribution in [0, 0.1) is 5.41 Å². The first-order valence-electron chi connectivity index (χ1n) is 9.74. The van der Waals surface area contributed by atoms with Gasteiger partial charge in [-0.1, -0.05) is 24.3 Å². The third-order valence-electron chi connectivity index (χ3n) is 5.15. The van der Waals surface area contributed by atoms with E-state index in [1.165, 1.54) is 12.4 Å². The zero-order valence-corrected chi connectivity index (χ0v) is 17.3. The molecule has 154 valence electrons. The van der Waals surface area contributed by atoms with Gasteiger partial charge in [0, 0.05) is 60.3 Å². The Balaban J connectivity index is 1.62. The van der Waals surface area contributed by atoms with Gasteiger partial charge in [-0.25, -0.2) is 9.97 Å². The molecule has 2 heterocycles. The van der Waals surface area contributed by atoms with E-state index in [1.54, 1.807) is 19.2 Å². The van der Waals surface area contributed by atoms with Gasteiger partial charge < -0.3 is 21.0 Å². The van der Waals surface area contributed by atoms with Crippen LogP contribution in [-0.4, -0.2) is 26.5 Å². The molecule has 4 N–H and O–H groups in total. The Morgan fingerprint density at radius 2 is 1.90 bits per heavy atom. The normalized spacial score (nSPS) is 11.5. The topological polar surface area (TPSA) is 110 Å². The number of nitrogens with zero attached hydrogens (tertiary/aromatic N) is 3. The molecule has 31 heavy (non-hydrogen) atoms. The predicted molar refractivity (Wildman–Crippen MR) is 125 cm³/mol. The SMILES string of the molecule is CC(=O)c1cc2ccc(-c3nccc(Nc4ccc(C(C=N)=CN)cc4)n3)cc2n1C. The molecule has 0 atom stereocenters. The fourth-order valence-electron chi connectivity index (χ4n) is 3.50. The first-order valence-corrected chi connectivity index (χ1v) is 9.74. The summed E-state index contributed by atoms with van der Waals surface area (Å²) in [4.78, 5) is 20.9. The zero-order chi connectivity index (χ0) is 22.0. The molecule has 2 aromatic heterocycles. The number of hydrogen-bond donors (Lipinski definition) is 3. The fraction of sp³-hybridized carbons (Fsp3) is 0.0833. The summed E-state index contributed by atoms with van der Waals surface area (Å²) in [5, 5.41) is 11.7. The van der Waals surface area contributed by atoms with E-state index >= 15 is 0 Å². The summed E-state index contributed by atoms with van der Waals surface area (Å²) in [6.45, 7) is 1.57. The third-order valence-corrected chi connectivity index (χ3v) is 5.15. The molecule has 0 aliphatic rings. The number of fused-ring (bicyclic) bond motifs is 1. The second-order valence-corrected chi connectivity index (χ2v) is 7.15. The number of rotatable bonds is 6. The summed E-state index contributed by atoms with van der Waals surface area (Å²) in [5.74, 6) is 1.28. The minimum atomic E-state index is 0.0309. The van der Waals surface area contributed by atoms with Crippen LogP contribution >= 0.6 is 0 Å². The molecule has 2 aromatic carbocycles. The monoisotopic (exact) mass is 410 g/mol. The Labute approximate surface area is 179 Å². The van der Waals surface area contributed by atoms with Gasteiger partial charge in [-0.15, -0.1) is 0 Å². The highest BCUT2D eigenvalue weighted by atomic mass is 16.1. The van der Waals surface area contributed by atoms with Crippen molar-refractivity contribution >= 4 is 40.0 Å². The van der Waals surface area contributed by atoms with Gasteiger partial charge in [-0.2, -0.15) is 0 Å². The van der Waals surface area contributed by atoms with Crippen molar-refractivity contribution in [1.29, 1.82) is 5.41 Å². The lowest BCUT2D eigenvalue weighted by atomic mass is 10.1. The number of aryl methyl sites for hydroxylation is 1. The number of nitrogens with one attached hydrogen (secondary N) is 2. The molecule has 4 aromatic rings. The number of carbonyl (C=O) groups excluding carboxylic acids is 1. The van der Waals surface area contributed by atoms with Crippen LogP contribution in [-0.2, 0) is 7.05 Å². The average molecular weight is 410 g/mol. The Morgan fingerprint density at radius 3 is 2.58 bits per heavy atom. The smallest absolute Gasteiger partial charge is 0.176 e. The Kier molecular flexibility index (Phi) is 5.32. The number of allylic oxidation sites excluding steroid dienone is 1. The lowest BCUT2D eigenvalue weighted by Crippen LogP contribution is -2.01. The molecule has 0 saturated heterocycles. The highest BCUT2D eigenvalue weighted by Crippen LogP contribution is 2.26. The van der Waals surface area contributed by atoms with E-state index in [1.807, 2.05) is 60.1 Å². The van der Waals surface area contributed by atoms with Crippen LogP contribution in [0.1, 0.15) is 23.0 Å². The molecule has 0 fully saturated rings. The van der Waals surface area contributed by atoms with Crippen LogP contribution in [0.25, 0.3) is 27.9 Å². The van der Waals surface area contributed by atoms with Gasteiger partial charge in [0.2, 0.25) is 0 Å². The van der Waals surface area contributed by atoms with Gasteiger partial charge in [0.1, 0.15) is 5.82 Å². The molecule has 0 bridgehead atoms. The molecule has 0 aliphatic carbocycles. The number of Topliss-reactive ketones (excluding diaryl/α,β-unsaturated/α-hetero) is 1. The van der Waals surface area contributed by atoms with Gasteiger partial charge in [0.05, 0.1) is 5.69 Å².